The molecule has 0 spiro atoms. The largest absolute Gasteiger partial charge is 0.396 e. The zero-order valence-corrected chi connectivity index (χ0v) is 13.7. The van der Waals surface area contributed by atoms with Gasteiger partial charge in [-0.2, -0.15) is 5.26 Å². The maximum atomic E-state index is 11.8. The van der Waals surface area contributed by atoms with Gasteiger partial charge in [-0.05, 0) is 12.8 Å². The third-order valence-corrected chi connectivity index (χ3v) is 7.31. The van der Waals surface area contributed by atoms with Crippen LogP contribution in [-0.2, 0) is 19.7 Å². The number of nitrogens with one attached hydrogen (secondary N) is 1. The Bertz CT molecular complexity index is 789. The Morgan fingerprint density at radius 1 is 1.38 bits per heavy atom. The van der Waals surface area contributed by atoms with Crippen molar-refractivity contribution in [3.05, 3.63) is 4.88 Å². The van der Waals surface area contributed by atoms with Gasteiger partial charge in [0.2, 0.25) is 0 Å². The quantitative estimate of drug-likeness (QED) is 0.817. The molecule has 10 heteroatoms. The molecule has 0 aromatic carbocycles. The molecule has 0 saturated carbocycles. The molecule has 116 valence electrons. The van der Waals surface area contributed by atoms with Crippen LogP contribution in [0.1, 0.15) is 17.7 Å². The van der Waals surface area contributed by atoms with E-state index in [4.69, 9.17) is 11.0 Å². The van der Waals surface area contributed by atoms with Crippen LogP contribution < -0.4 is 11.1 Å². The summed E-state index contributed by atoms with van der Waals surface area (Å²) in [6.45, 7) is 0. The second-order valence-corrected chi connectivity index (χ2v) is 10.2. The molecule has 1 aromatic rings. The van der Waals surface area contributed by atoms with Gasteiger partial charge in [0.25, 0.3) is 0 Å². The summed E-state index contributed by atoms with van der Waals surface area (Å²) in [6, 6.07) is 1.73. The summed E-state index contributed by atoms with van der Waals surface area (Å²) >= 11 is 0.981. The van der Waals surface area contributed by atoms with Gasteiger partial charge in [-0.15, -0.1) is 11.3 Å². The lowest BCUT2D eigenvalue weighted by Crippen LogP contribution is -2.32. The monoisotopic (exact) mass is 349 g/mol. The minimum absolute atomic E-state index is 0.0454. The van der Waals surface area contributed by atoms with Crippen molar-refractivity contribution in [1.29, 1.82) is 5.26 Å². The molecule has 0 bridgehead atoms. The molecular formula is C11H15N3O4S3. The Balaban J connectivity index is 2.31. The summed E-state index contributed by atoms with van der Waals surface area (Å²) in [5, 5.41) is 12.3. The lowest BCUT2D eigenvalue weighted by molar-refractivity contribution is 0.559. The Morgan fingerprint density at radius 2 is 1.95 bits per heavy atom. The molecule has 21 heavy (non-hydrogen) atoms. The summed E-state index contributed by atoms with van der Waals surface area (Å²) in [5.41, 5.74) is 5.68. The Hall–Kier alpha value is -1.31. The van der Waals surface area contributed by atoms with E-state index < -0.39 is 19.7 Å². The van der Waals surface area contributed by atoms with Crippen molar-refractivity contribution in [3.63, 3.8) is 0 Å². The van der Waals surface area contributed by atoms with Crippen LogP contribution in [0.15, 0.2) is 4.90 Å². The lowest BCUT2D eigenvalue weighted by atomic mass is 10.1. The highest BCUT2D eigenvalue weighted by molar-refractivity contribution is 7.91. The number of thiophene rings is 1. The van der Waals surface area contributed by atoms with Crippen molar-refractivity contribution in [2.75, 3.05) is 28.8 Å². The zero-order chi connectivity index (χ0) is 15.8. The molecule has 1 aliphatic rings. The molecule has 1 aliphatic heterocycles. The van der Waals surface area contributed by atoms with Crippen LogP contribution in [0.25, 0.3) is 0 Å². The van der Waals surface area contributed by atoms with E-state index in [-0.39, 0.29) is 33.0 Å². The SMILES string of the molecule is CS(=O)(=O)c1c(NC2CCS(=O)(=O)CC2)sc(C#N)c1N. The van der Waals surface area contributed by atoms with Crippen LogP contribution in [-0.4, -0.2) is 40.6 Å². The van der Waals surface area contributed by atoms with Crippen LogP contribution in [0.3, 0.4) is 0 Å². The van der Waals surface area contributed by atoms with Crippen LogP contribution in [0.5, 0.6) is 0 Å². The molecule has 0 unspecified atom stereocenters. The molecule has 1 aromatic heterocycles. The Morgan fingerprint density at radius 3 is 2.43 bits per heavy atom. The van der Waals surface area contributed by atoms with Crippen LogP contribution in [0, 0.1) is 11.3 Å². The first kappa shape index (κ1) is 16.1. The van der Waals surface area contributed by atoms with Gasteiger partial charge >= 0.3 is 0 Å². The standard InChI is InChI=1S/C11H15N3O4S3/c1-20(15,16)10-9(13)8(6-12)19-11(10)14-7-2-4-21(17,18)5-3-7/h7,14H,2-5,13H2,1H3. The minimum atomic E-state index is -3.57. The van der Waals surface area contributed by atoms with Gasteiger partial charge in [0.05, 0.1) is 17.2 Å². The molecule has 2 heterocycles. The number of hydrogen-bond donors (Lipinski definition) is 2. The van der Waals surface area contributed by atoms with E-state index in [0.717, 1.165) is 17.6 Å². The van der Waals surface area contributed by atoms with Gasteiger partial charge in [-0.3, -0.25) is 0 Å². The summed E-state index contributed by atoms with van der Waals surface area (Å²) < 4.78 is 46.5. The van der Waals surface area contributed by atoms with Gasteiger partial charge in [0, 0.05) is 12.3 Å². The summed E-state index contributed by atoms with van der Waals surface area (Å²) in [7, 11) is -6.56. The number of nitrogens with two attached hydrogens (primary N) is 1. The van der Waals surface area contributed by atoms with E-state index >= 15 is 0 Å². The predicted octanol–water partition coefficient (Wildman–Crippen LogP) is 0.595. The van der Waals surface area contributed by atoms with E-state index in [0.29, 0.717) is 17.8 Å². The molecule has 7 nitrogen and oxygen atoms in total. The van der Waals surface area contributed by atoms with Gasteiger partial charge in [-0.1, -0.05) is 0 Å². The van der Waals surface area contributed by atoms with Gasteiger partial charge in [-0.25, -0.2) is 16.8 Å². The minimum Gasteiger partial charge on any atom is -0.396 e. The van der Waals surface area contributed by atoms with Gasteiger partial charge in [0.15, 0.2) is 9.84 Å². The number of nitrogen functional groups attached to an aromatic ring is 1. The number of nitriles is 1. The second kappa shape index (κ2) is 5.47. The predicted molar refractivity (Wildman–Crippen MR) is 81.9 cm³/mol. The highest BCUT2D eigenvalue weighted by Crippen LogP contribution is 2.39. The molecule has 2 rings (SSSR count). The van der Waals surface area contributed by atoms with Crippen molar-refractivity contribution < 1.29 is 16.8 Å². The first-order valence-electron chi connectivity index (χ1n) is 6.13. The van der Waals surface area contributed by atoms with Crippen LogP contribution in [0.2, 0.25) is 0 Å². The van der Waals surface area contributed by atoms with Crippen LogP contribution in [0.4, 0.5) is 10.7 Å². The van der Waals surface area contributed by atoms with E-state index in [1.807, 2.05) is 6.07 Å². The Kier molecular flexibility index (Phi) is 4.19. The average molecular weight is 349 g/mol. The van der Waals surface area contributed by atoms with Crippen molar-refractivity contribution in [3.8, 4) is 6.07 Å². The van der Waals surface area contributed by atoms with Crippen molar-refractivity contribution in [1.82, 2.24) is 0 Å². The van der Waals surface area contributed by atoms with Crippen LogP contribution >= 0.6 is 11.3 Å². The third-order valence-electron chi connectivity index (χ3n) is 3.26. The highest BCUT2D eigenvalue weighted by atomic mass is 32.2. The molecule has 0 radical (unpaired) electrons. The van der Waals surface area contributed by atoms with E-state index in [2.05, 4.69) is 5.32 Å². The maximum Gasteiger partial charge on any atom is 0.180 e. The molecule has 1 saturated heterocycles. The van der Waals surface area contributed by atoms with Crippen molar-refractivity contribution in [2.24, 2.45) is 0 Å². The number of anilines is 2. The topological polar surface area (TPSA) is 130 Å². The molecule has 0 aliphatic carbocycles. The van der Waals surface area contributed by atoms with Crippen molar-refractivity contribution in [2.45, 2.75) is 23.8 Å². The Labute approximate surface area is 127 Å². The molecule has 3 N–H and O–H groups in total. The van der Waals surface area contributed by atoms with E-state index in [1.165, 1.54) is 0 Å². The third kappa shape index (κ3) is 3.48. The summed E-state index contributed by atoms with van der Waals surface area (Å²) in [6.07, 6.45) is 1.85. The smallest absolute Gasteiger partial charge is 0.180 e. The molecule has 1 fully saturated rings. The maximum absolute atomic E-state index is 11.8. The first-order valence-corrected chi connectivity index (χ1v) is 10.7. The van der Waals surface area contributed by atoms with E-state index in [1.54, 1.807) is 0 Å². The summed E-state index contributed by atoms with van der Waals surface area (Å²) in [4.78, 5) is 0.0684. The fourth-order valence-corrected chi connectivity index (χ4v) is 6.12. The fourth-order valence-electron chi connectivity index (χ4n) is 2.19. The first-order chi connectivity index (χ1) is 9.64. The molecule has 0 atom stereocenters. The number of hydrogen-bond acceptors (Lipinski definition) is 8. The zero-order valence-electron chi connectivity index (χ0n) is 11.3. The second-order valence-electron chi connectivity index (χ2n) is 4.96. The van der Waals surface area contributed by atoms with Gasteiger partial charge in [0.1, 0.15) is 30.7 Å². The normalized spacial score (nSPS) is 19.0. The molecule has 0 amide bonds. The number of nitrogens with zero attached hydrogens (tertiary/aromatic N) is 1. The van der Waals surface area contributed by atoms with E-state index in [9.17, 15) is 16.8 Å². The summed E-state index contributed by atoms with van der Waals surface area (Å²) in [5.74, 6) is 0.148. The number of sulfone groups is 2. The molecular weight excluding hydrogens is 334 g/mol. The average Bonchev–Trinajstić information content (AvgIpc) is 2.68. The highest BCUT2D eigenvalue weighted by Gasteiger charge is 2.28. The van der Waals surface area contributed by atoms with Gasteiger partial charge < -0.3 is 11.1 Å². The number of rotatable bonds is 3. The van der Waals surface area contributed by atoms with Crippen molar-refractivity contribution >= 4 is 41.7 Å². The fraction of sp³-hybridized carbons (Fsp3) is 0.545. The lowest BCUT2D eigenvalue weighted by Gasteiger charge is -2.23.